The number of benzene rings is 2. The minimum Gasteiger partial charge on any atom is -0.496 e. The van der Waals surface area contributed by atoms with Crippen molar-refractivity contribution >= 4 is 22.9 Å². The van der Waals surface area contributed by atoms with Crippen LogP contribution in [0.2, 0.25) is 0 Å². The van der Waals surface area contributed by atoms with E-state index in [1.807, 2.05) is 0 Å². The molecule has 0 unspecified atom stereocenters. The second kappa shape index (κ2) is 6.11. The van der Waals surface area contributed by atoms with Crippen molar-refractivity contribution in [2.75, 3.05) is 12.8 Å². The van der Waals surface area contributed by atoms with E-state index in [4.69, 9.17) is 15.2 Å². The number of aromatic nitrogens is 1. The number of fused-ring (bicyclic) bond motifs is 1. The molecule has 0 spiro atoms. The molecule has 0 saturated heterocycles. The molecule has 2 aromatic carbocycles. The molecule has 0 aliphatic rings. The van der Waals surface area contributed by atoms with Crippen molar-refractivity contribution < 1.29 is 23.0 Å². The molecule has 0 bridgehead atoms. The second-order valence-corrected chi connectivity index (χ2v) is 4.94. The lowest BCUT2D eigenvalue weighted by Crippen LogP contribution is -1.97. The van der Waals surface area contributed by atoms with Gasteiger partial charge in [-0.15, -0.1) is 0 Å². The average Bonchev–Trinajstić information content (AvgIpc) is 2.58. The summed E-state index contributed by atoms with van der Waals surface area (Å²) in [5.74, 6) is -1.35. The predicted molar refractivity (Wildman–Crippen MR) is 84.5 cm³/mol. The highest BCUT2D eigenvalue weighted by Crippen LogP contribution is 2.34. The topological polar surface area (TPSA) is 74.4 Å². The summed E-state index contributed by atoms with van der Waals surface area (Å²) in [6.07, 6.45) is 2.07. The Bertz CT molecular complexity index is 945. The van der Waals surface area contributed by atoms with Crippen molar-refractivity contribution in [1.29, 1.82) is 0 Å². The van der Waals surface area contributed by atoms with Crippen LogP contribution in [0.25, 0.3) is 10.9 Å². The first-order valence-electron chi connectivity index (χ1n) is 6.87. The highest BCUT2D eigenvalue weighted by molar-refractivity contribution is 5.93. The lowest BCUT2D eigenvalue weighted by molar-refractivity contribution is 0.112. The molecule has 7 heteroatoms. The number of carbonyl (C=O) groups excluding carboxylic acids is 1. The third-order valence-corrected chi connectivity index (χ3v) is 3.45. The van der Waals surface area contributed by atoms with Gasteiger partial charge in [0.1, 0.15) is 17.3 Å². The highest BCUT2D eigenvalue weighted by atomic mass is 19.1. The van der Waals surface area contributed by atoms with Crippen LogP contribution in [0.1, 0.15) is 10.4 Å². The lowest BCUT2D eigenvalue weighted by Gasteiger charge is -2.12. The van der Waals surface area contributed by atoms with Crippen molar-refractivity contribution in [2.24, 2.45) is 0 Å². The van der Waals surface area contributed by atoms with Crippen molar-refractivity contribution in [2.45, 2.75) is 0 Å². The van der Waals surface area contributed by atoms with E-state index in [2.05, 4.69) is 4.98 Å². The number of nitrogen functional groups attached to an aromatic ring is 1. The lowest BCUT2D eigenvalue weighted by atomic mass is 10.1. The van der Waals surface area contributed by atoms with Crippen LogP contribution >= 0.6 is 0 Å². The van der Waals surface area contributed by atoms with Crippen molar-refractivity contribution in [3.8, 4) is 17.2 Å². The number of anilines is 1. The van der Waals surface area contributed by atoms with Crippen LogP contribution in [0.15, 0.2) is 36.5 Å². The largest absolute Gasteiger partial charge is 0.496 e. The molecule has 0 amide bonds. The molecule has 24 heavy (non-hydrogen) atoms. The second-order valence-electron chi connectivity index (χ2n) is 4.94. The molecule has 0 fully saturated rings. The van der Waals surface area contributed by atoms with Crippen LogP contribution in [0.3, 0.4) is 0 Å². The maximum atomic E-state index is 13.9. The first-order chi connectivity index (χ1) is 11.5. The van der Waals surface area contributed by atoms with Crippen LogP contribution in [0.4, 0.5) is 14.5 Å². The molecule has 3 rings (SSSR count). The van der Waals surface area contributed by atoms with Crippen LogP contribution in [0.5, 0.6) is 17.2 Å². The van der Waals surface area contributed by atoms with E-state index in [9.17, 15) is 13.6 Å². The Labute approximate surface area is 135 Å². The number of nitrogens with zero attached hydrogens (tertiary/aromatic N) is 1. The molecule has 3 aromatic rings. The first kappa shape index (κ1) is 15.7. The summed E-state index contributed by atoms with van der Waals surface area (Å²) in [7, 11) is 1.43. The molecule has 1 aromatic heterocycles. The number of halogens is 2. The standard InChI is InChI=1S/C17H12F2N2O3/c1-23-16-7-14-10(4-9(16)8-22)15(2-3-21-14)24-17-6-11(18)13(20)5-12(17)19/h2-8H,20H2,1H3. The summed E-state index contributed by atoms with van der Waals surface area (Å²) in [5, 5.41) is 0.456. The molecule has 0 radical (unpaired) electrons. The van der Waals surface area contributed by atoms with Gasteiger partial charge in [0.2, 0.25) is 0 Å². The first-order valence-corrected chi connectivity index (χ1v) is 6.87. The Kier molecular flexibility index (Phi) is 3.99. The third-order valence-electron chi connectivity index (χ3n) is 3.45. The summed E-state index contributed by atoms with van der Waals surface area (Å²) in [6.45, 7) is 0. The Morgan fingerprint density at radius 1 is 1.08 bits per heavy atom. The third kappa shape index (κ3) is 2.71. The Balaban J connectivity index is 2.13. The molecule has 0 aliphatic heterocycles. The van der Waals surface area contributed by atoms with E-state index in [1.54, 1.807) is 6.07 Å². The number of hydrogen-bond donors (Lipinski definition) is 1. The number of methoxy groups -OCH3 is 1. The van der Waals surface area contributed by atoms with Gasteiger partial charge in [-0.25, -0.2) is 8.78 Å². The smallest absolute Gasteiger partial charge is 0.167 e. The zero-order valence-corrected chi connectivity index (χ0v) is 12.5. The summed E-state index contributed by atoms with van der Waals surface area (Å²) in [4.78, 5) is 15.3. The van der Waals surface area contributed by atoms with Gasteiger partial charge in [0, 0.05) is 29.8 Å². The maximum Gasteiger partial charge on any atom is 0.167 e. The molecular formula is C17H12F2N2O3. The van der Waals surface area contributed by atoms with Crippen LogP contribution in [0, 0.1) is 11.6 Å². The zero-order valence-electron chi connectivity index (χ0n) is 12.5. The number of hydrogen-bond acceptors (Lipinski definition) is 5. The Morgan fingerprint density at radius 3 is 2.58 bits per heavy atom. The number of carbonyl (C=O) groups is 1. The monoisotopic (exact) mass is 330 g/mol. The van der Waals surface area contributed by atoms with Crippen molar-refractivity contribution in [3.63, 3.8) is 0 Å². The minimum absolute atomic E-state index is 0.217. The van der Waals surface area contributed by atoms with Gasteiger partial charge in [0.25, 0.3) is 0 Å². The van der Waals surface area contributed by atoms with Crippen molar-refractivity contribution in [3.05, 3.63) is 53.7 Å². The minimum atomic E-state index is -0.803. The van der Waals surface area contributed by atoms with Gasteiger partial charge in [-0.1, -0.05) is 0 Å². The quantitative estimate of drug-likeness (QED) is 0.583. The maximum absolute atomic E-state index is 13.9. The van der Waals surface area contributed by atoms with Gasteiger partial charge < -0.3 is 15.2 Å². The summed E-state index contributed by atoms with van der Waals surface area (Å²) in [6, 6.07) is 6.26. The van der Waals surface area contributed by atoms with Gasteiger partial charge in [0.15, 0.2) is 17.9 Å². The molecule has 122 valence electrons. The van der Waals surface area contributed by atoms with Gasteiger partial charge in [-0.05, 0) is 12.1 Å². The van der Waals surface area contributed by atoms with E-state index >= 15 is 0 Å². The number of rotatable bonds is 4. The van der Waals surface area contributed by atoms with Gasteiger partial charge in [-0.2, -0.15) is 0 Å². The van der Waals surface area contributed by atoms with Gasteiger partial charge >= 0.3 is 0 Å². The molecule has 5 nitrogen and oxygen atoms in total. The molecule has 2 N–H and O–H groups in total. The number of pyridine rings is 1. The van der Waals surface area contributed by atoms with Crippen molar-refractivity contribution in [1.82, 2.24) is 4.98 Å². The molecule has 1 heterocycles. The van der Waals surface area contributed by atoms with E-state index in [1.165, 1.54) is 25.4 Å². The fourth-order valence-corrected chi connectivity index (χ4v) is 2.26. The number of aldehydes is 1. The van der Waals surface area contributed by atoms with E-state index in [0.717, 1.165) is 12.1 Å². The van der Waals surface area contributed by atoms with Gasteiger partial charge in [-0.3, -0.25) is 9.78 Å². The SMILES string of the molecule is COc1cc2nccc(Oc3cc(F)c(N)cc3F)c2cc1C=O. The summed E-state index contributed by atoms with van der Waals surface area (Å²) in [5.41, 5.74) is 5.76. The van der Waals surface area contributed by atoms with Gasteiger partial charge in [0.05, 0.1) is 23.9 Å². The number of nitrogens with two attached hydrogens (primary N) is 1. The number of ether oxygens (including phenoxy) is 2. The highest BCUT2D eigenvalue weighted by Gasteiger charge is 2.14. The molecule has 0 atom stereocenters. The van der Waals surface area contributed by atoms with Crippen LogP contribution < -0.4 is 15.2 Å². The molecule has 0 aliphatic carbocycles. The normalized spacial score (nSPS) is 10.6. The summed E-state index contributed by atoms with van der Waals surface area (Å²) < 4.78 is 38.0. The fourth-order valence-electron chi connectivity index (χ4n) is 2.26. The summed E-state index contributed by atoms with van der Waals surface area (Å²) >= 11 is 0. The Hall–Kier alpha value is -3.22. The molecular weight excluding hydrogens is 318 g/mol. The molecule has 0 saturated carbocycles. The Morgan fingerprint density at radius 2 is 1.88 bits per heavy atom. The zero-order chi connectivity index (χ0) is 17.3. The van der Waals surface area contributed by atoms with Crippen LogP contribution in [-0.2, 0) is 0 Å². The average molecular weight is 330 g/mol. The van der Waals surface area contributed by atoms with E-state index in [0.29, 0.717) is 22.9 Å². The fraction of sp³-hybridized carbons (Fsp3) is 0.0588. The van der Waals surface area contributed by atoms with Crippen LogP contribution in [-0.4, -0.2) is 18.4 Å². The van der Waals surface area contributed by atoms with E-state index < -0.39 is 11.6 Å². The van der Waals surface area contributed by atoms with E-state index in [-0.39, 0.29) is 22.7 Å². The predicted octanol–water partition coefficient (Wildman–Crippen LogP) is 3.71.